The maximum absolute atomic E-state index is 12.9. The fourth-order valence-corrected chi connectivity index (χ4v) is 1.97. The molecule has 2 aromatic rings. The van der Waals surface area contributed by atoms with E-state index in [1.807, 2.05) is 0 Å². The molecular formula is C18H20FNO4. The van der Waals surface area contributed by atoms with Crippen LogP contribution in [0.15, 0.2) is 40.8 Å². The molecule has 1 N–H and O–H groups in total. The van der Waals surface area contributed by atoms with Crippen LogP contribution >= 0.6 is 0 Å². The van der Waals surface area contributed by atoms with E-state index in [1.54, 1.807) is 18.2 Å². The van der Waals surface area contributed by atoms with E-state index in [4.69, 9.17) is 9.15 Å². The fourth-order valence-electron chi connectivity index (χ4n) is 1.97. The third kappa shape index (κ3) is 5.22. The second-order valence-electron chi connectivity index (χ2n) is 5.78. The maximum Gasteiger partial charge on any atom is 0.374 e. The highest BCUT2D eigenvalue weighted by molar-refractivity contribution is 5.89. The van der Waals surface area contributed by atoms with Crippen LogP contribution in [0.25, 0.3) is 11.3 Å². The fraction of sp³-hybridized carbons (Fsp3) is 0.333. The van der Waals surface area contributed by atoms with Gasteiger partial charge in [0.15, 0.2) is 6.61 Å². The Morgan fingerprint density at radius 1 is 1.17 bits per heavy atom. The first-order chi connectivity index (χ1) is 11.5. The molecule has 1 aromatic carbocycles. The Kier molecular flexibility index (Phi) is 6.12. The molecule has 0 aliphatic heterocycles. The van der Waals surface area contributed by atoms with Crippen molar-refractivity contribution < 1.29 is 23.1 Å². The van der Waals surface area contributed by atoms with Gasteiger partial charge in [-0.05, 0) is 48.7 Å². The SMILES string of the molecule is CC(C)CCNC(=O)COC(=O)c1ccc(-c2ccc(F)cc2)o1. The number of amides is 1. The lowest BCUT2D eigenvalue weighted by Gasteiger charge is -2.07. The minimum Gasteiger partial charge on any atom is -0.450 e. The van der Waals surface area contributed by atoms with Crippen LogP contribution in [0.5, 0.6) is 0 Å². The van der Waals surface area contributed by atoms with Gasteiger partial charge in [-0.3, -0.25) is 4.79 Å². The Labute approximate surface area is 139 Å². The van der Waals surface area contributed by atoms with Crippen molar-refractivity contribution in [3.05, 3.63) is 48.0 Å². The van der Waals surface area contributed by atoms with E-state index in [-0.39, 0.29) is 24.1 Å². The highest BCUT2D eigenvalue weighted by Gasteiger charge is 2.15. The molecule has 0 spiro atoms. The number of furan rings is 1. The summed E-state index contributed by atoms with van der Waals surface area (Å²) >= 11 is 0. The van der Waals surface area contributed by atoms with Gasteiger partial charge in [-0.2, -0.15) is 0 Å². The van der Waals surface area contributed by atoms with Gasteiger partial charge in [0.25, 0.3) is 5.91 Å². The van der Waals surface area contributed by atoms with Crippen molar-refractivity contribution in [2.45, 2.75) is 20.3 Å². The number of esters is 1. The molecule has 0 saturated carbocycles. The third-order valence-electron chi connectivity index (χ3n) is 3.31. The van der Waals surface area contributed by atoms with E-state index in [1.165, 1.54) is 18.2 Å². The van der Waals surface area contributed by atoms with Gasteiger partial charge in [-0.15, -0.1) is 0 Å². The van der Waals surface area contributed by atoms with Crippen LogP contribution in [0.1, 0.15) is 30.8 Å². The lowest BCUT2D eigenvalue weighted by atomic mass is 10.1. The average Bonchev–Trinajstić information content (AvgIpc) is 3.03. The van der Waals surface area contributed by atoms with Gasteiger partial charge in [-0.25, -0.2) is 9.18 Å². The van der Waals surface area contributed by atoms with Crippen molar-refractivity contribution in [1.29, 1.82) is 0 Å². The van der Waals surface area contributed by atoms with Crippen LogP contribution in [-0.2, 0) is 9.53 Å². The Morgan fingerprint density at radius 3 is 2.54 bits per heavy atom. The Hall–Kier alpha value is -2.63. The molecule has 0 unspecified atom stereocenters. The highest BCUT2D eigenvalue weighted by Crippen LogP contribution is 2.22. The molecule has 0 atom stereocenters. The van der Waals surface area contributed by atoms with Crippen LogP contribution < -0.4 is 5.32 Å². The number of ether oxygens (including phenoxy) is 1. The molecule has 0 saturated heterocycles. The van der Waals surface area contributed by atoms with Crippen LogP contribution in [0.2, 0.25) is 0 Å². The van der Waals surface area contributed by atoms with Crippen LogP contribution in [-0.4, -0.2) is 25.0 Å². The summed E-state index contributed by atoms with van der Waals surface area (Å²) in [5, 5.41) is 2.67. The molecule has 0 bridgehead atoms. The summed E-state index contributed by atoms with van der Waals surface area (Å²) in [5.41, 5.74) is 0.641. The zero-order valence-corrected chi connectivity index (χ0v) is 13.7. The summed E-state index contributed by atoms with van der Waals surface area (Å²) in [6.45, 7) is 4.30. The molecule has 0 aliphatic carbocycles. The first-order valence-corrected chi connectivity index (χ1v) is 7.75. The van der Waals surface area contributed by atoms with E-state index < -0.39 is 5.97 Å². The van der Waals surface area contributed by atoms with Crippen molar-refractivity contribution in [2.24, 2.45) is 5.92 Å². The Bertz CT molecular complexity index is 691. The van der Waals surface area contributed by atoms with Gasteiger partial charge in [0.1, 0.15) is 11.6 Å². The molecule has 1 heterocycles. The predicted molar refractivity (Wildman–Crippen MR) is 86.8 cm³/mol. The lowest BCUT2D eigenvalue weighted by Crippen LogP contribution is -2.30. The van der Waals surface area contributed by atoms with Crippen LogP contribution in [0.4, 0.5) is 4.39 Å². The smallest absolute Gasteiger partial charge is 0.374 e. The summed E-state index contributed by atoms with van der Waals surface area (Å²) in [7, 11) is 0. The van der Waals surface area contributed by atoms with E-state index in [0.717, 1.165) is 6.42 Å². The Morgan fingerprint density at radius 2 is 1.88 bits per heavy atom. The van der Waals surface area contributed by atoms with E-state index in [0.29, 0.717) is 23.8 Å². The number of carbonyl (C=O) groups is 2. The van der Waals surface area contributed by atoms with E-state index in [9.17, 15) is 14.0 Å². The number of benzene rings is 1. The molecule has 0 radical (unpaired) electrons. The van der Waals surface area contributed by atoms with Gasteiger partial charge in [-0.1, -0.05) is 13.8 Å². The molecule has 1 aromatic heterocycles. The summed E-state index contributed by atoms with van der Waals surface area (Å²) in [5.74, 6) is -0.529. The van der Waals surface area contributed by atoms with Crippen molar-refractivity contribution >= 4 is 11.9 Å². The average molecular weight is 333 g/mol. The summed E-state index contributed by atoms with van der Waals surface area (Å²) < 4.78 is 23.2. The second-order valence-corrected chi connectivity index (χ2v) is 5.78. The molecule has 1 amide bonds. The largest absolute Gasteiger partial charge is 0.450 e. The number of hydrogen-bond acceptors (Lipinski definition) is 4. The van der Waals surface area contributed by atoms with Crippen molar-refractivity contribution in [3.8, 4) is 11.3 Å². The van der Waals surface area contributed by atoms with Crippen LogP contribution in [0.3, 0.4) is 0 Å². The molecule has 2 rings (SSSR count). The van der Waals surface area contributed by atoms with Crippen molar-refractivity contribution in [3.63, 3.8) is 0 Å². The zero-order valence-electron chi connectivity index (χ0n) is 13.7. The number of hydrogen-bond donors (Lipinski definition) is 1. The van der Waals surface area contributed by atoms with Gasteiger partial charge < -0.3 is 14.5 Å². The number of halogens is 1. The summed E-state index contributed by atoms with van der Waals surface area (Å²) in [4.78, 5) is 23.4. The maximum atomic E-state index is 12.9. The zero-order chi connectivity index (χ0) is 17.5. The standard InChI is InChI=1S/C18H20FNO4/c1-12(2)9-10-20-17(21)11-23-18(22)16-8-7-15(24-16)13-3-5-14(19)6-4-13/h3-8,12H,9-11H2,1-2H3,(H,20,21). The molecule has 24 heavy (non-hydrogen) atoms. The van der Waals surface area contributed by atoms with Crippen molar-refractivity contribution in [1.82, 2.24) is 5.32 Å². The highest BCUT2D eigenvalue weighted by atomic mass is 19.1. The monoisotopic (exact) mass is 333 g/mol. The molecule has 0 aliphatic rings. The van der Waals surface area contributed by atoms with Crippen LogP contribution in [0, 0.1) is 11.7 Å². The predicted octanol–water partition coefficient (Wildman–Crippen LogP) is 3.40. The topological polar surface area (TPSA) is 68.5 Å². The summed E-state index contributed by atoms with van der Waals surface area (Å²) in [6.07, 6.45) is 0.860. The molecule has 6 heteroatoms. The quantitative estimate of drug-likeness (QED) is 0.789. The molecular weight excluding hydrogens is 313 g/mol. The van der Waals surface area contributed by atoms with E-state index >= 15 is 0 Å². The number of rotatable bonds is 7. The van der Waals surface area contributed by atoms with Gasteiger partial charge in [0, 0.05) is 12.1 Å². The van der Waals surface area contributed by atoms with Gasteiger partial charge in [0.2, 0.25) is 5.76 Å². The number of nitrogens with one attached hydrogen (secondary N) is 1. The minimum atomic E-state index is -0.720. The third-order valence-corrected chi connectivity index (χ3v) is 3.31. The first-order valence-electron chi connectivity index (χ1n) is 7.75. The van der Waals surface area contributed by atoms with Crippen molar-refractivity contribution in [2.75, 3.05) is 13.2 Å². The molecule has 5 nitrogen and oxygen atoms in total. The van der Waals surface area contributed by atoms with Gasteiger partial charge >= 0.3 is 5.97 Å². The van der Waals surface area contributed by atoms with Gasteiger partial charge in [0.05, 0.1) is 0 Å². The first kappa shape index (κ1) is 17.7. The minimum absolute atomic E-state index is 0.00990. The molecule has 0 fully saturated rings. The molecule has 128 valence electrons. The second kappa shape index (κ2) is 8.29. The van der Waals surface area contributed by atoms with E-state index in [2.05, 4.69) is 19.2 Å². The Balaban J connectivity index is 1.85. The normalized spacial score (nSPS) is 10.7. The lowest BCUT2D eigenvalue weighted by molar-refractivity contribution is -0.124. The number of carbonyl (C=O) groups excluding carboxylic acids is 2. The summed E-state index contributed by atoms with van der Waals surface area (Å²) in [6, 6.07) is 8.75.